The van der Waals surface area contributed by atoms with E-state index in [1.54, 1.807) is 0 Å². The summed E-state index contributed by atoms with van der Waals surface area (Å²) in [5.74, 6) is 0. The number of rotatable bonds is 33. The molecule has 0 spiro atoms. The summed E-state index contributed by atoms with van der Waals surface area (Å²) in [6, 6.07) is 0. The minimum atomic E-state index is -0.145. The standard InChI is InChI=1S/C36H75NO/c1-4-7-9-11-13-15-17-19-21-23-25-27-29-31-33-37(35-36(38)6-3)34-32-30-28-26-24-22-20-18-16-14-12-10-8-5-2/h36,38H,4-35H2,1-3H3. The zero-order valence-corrected chi connectivity index (χ0v) is 27.1. The molecule has 0 aromatic heterocycles. The largest absolute Gasteiger partial charge is 0.392 e. The Bertz CT molecular complexity index is 380. The van der Waals surface area contributed by atoms with Gasteiger partial charge in [0.05, 0.1) is 6.10 Å². The number of hydrogen-bond donors (Lipinski definition) is 1. The van der Waals surface area contributed by atoms with Gasteiger partial charge in [-0.05, 0) is 32.4 Å². The molecule has 38 heavy (non-hydrogen) atoms. The molecule has 2 heteroatoms. The topological polar surface area (TPSA) is 23.5 Å². The number of nitrogens with zero attached hydrogens (tertiary/aromatic N) is 1. The molecular formula is C36H75NO. The third-order valence-corrected chi connectivity index (χ3v) is 8.60. The third-order valence-electron chi connectivity index (χ3n) is 8.60. The Morgan fingerprint density at radius 3 is 0.842 bits per heavy atom. The number of aliphatic hydroxyl groups is 1. The highest BCUT2D eigenvalue weighted by atomic mass is 16.3. The summed E-state index contributed by atoms with van der Waals surface area (Å²) < 4.78 is 0. The first-order valence-electron chi connectivity index (χ1n) is 18.1. The second-order valence-electron chi connectivity index (χ2n) is 12.6. The van der Waals surface area contributed by atoms with Gasteiger partial charge < -0.3 is 10.0 Å². The zero-order valence-electron chi connectivity index (χ0n) is 27.1. The molecule has 0 rings (SSSR count). The molecule has 0 amide bonds. The maximum absolute atomic E-state index is 10.2. The summed E-state index contributed by atoms with van der Waals surface area (Å²) in [5, 5.41) is 10.2. The SMILES string of the molecule is CCCCCCCCCCCCCCCCN(CCCCCCCCCCCCCCCC)CC(O)CC. The van der Waals surface area contributed by atoms with Crippen LogP contribution in [-0.2, 0) is 0 Å². The number of hydrogen-bond acceptors (Lipinski definition) is 2. The molecule has 0 saturated heterocycles. The highest BCUT2D eigenvalue weighted by Gasteiger charge is 2.10. The van der Waals surface area contributed by atoms with E-state index < -0.39 is 0 Å². The van der Waals surface area contributed by atoms with Crippen LogP contribution in [0.4, 0.5) is 0 Å². The maximum Gasteiger partial charge on any atom is 0.0664 e. The minimum Gasteiger partial charge on any atom is -0.392 e. The molecule has 230 valence electrons. The highest BCUT2D eigenvalue weighted by molar-refractivity contribution is 4.65. The summed E-state index contributed by atoms with van der Waals surface area (Å²) in [6.07, 6.45) is 40.6. The third kappa shape index (κ3) is 30.5. The van der Waals surface area contributed by atoms with Crippen LogP contribution in [0.2, 0.25) is 0 Å². The Morgan fingerprint density at radius 1 is 0.368 bits per heavy atom. The van der Waals surface area contributed by atoms with Crippen molar-refractivity contribution in [3.8, 4) is 0 Å². The van der Waals surface area contributed by atoms with E-state index in [0.29, 0.717) is 0 Å². The average Bonchev–Trinajstić information content (AvgIpc) is 2.93. The van der Waals surface area contributed by atoms with Gasteiger partial charge in [0.1, 0.15) is 0 Å². The molecule has 0 heterocycles. The van der Waals surface area contributed by atoms with Crippen LogP contribution >= 0.6 is 0 Å². The van der Waals surface area contributed by atoms with Gasteiger partial charge in [0.2, 0.25) is 0 Å². The van der Waals surface area contributed by atoms with E-state index in [9.17, 15) is 5.11 Å². The average molecular weight is 538 g/mol. The Balaban J connectivity index is 3.58. The van der Waals surface area contributed by atoms with E-state index in [0.717, 1.165) is 13.0 Å². The molecule has 0 aliphatic carbocycles. The van der Waals surface area contributed by atoms with E-state index in [4.69, 9.17) is 0 Å². The monoisotopic (exact) mass is 538 g/mol. The molecule has 0 aromatic rings. The van der Waals surface area contributed by atoms with E-state index in [1.807, 2.05) is 0 Å². The lowest BCUT2D eigenvalue weighted by molar-refractivity contribution is 0.107. The molecule has 0 aliphatic rings. The lowest BCUT2D eigenvalue weighted by Crippen LogP contribution is -2.33. The lowest BCUT2D eigenvalue weighted by atomic mass is 10.0. The van der Waals surface area contributed by atoms with Gasteiger partial charge in [-0.15, -0.1) is 0 Å². The van der Waals surface area contributed by atoms with Crippen LogP contribution in [0.25, 0.3) is 0 Å². The summed E-state index contributed by atoms with van der Waals surface area (Å²) in [6.45, 7) is 9.97. The lowest BCUT2D eigenvalue weighted by Gasteiger charge is -2.24. The fourth-order valence-electron chi connectivity index (χ4n) is 5.78. The molecule has 0 saturated carbocycles. The van der Waals surface area contributed by atoms with Gasteiger partial charge in [-0.3, -0.25) is 0 Å². The van der Waals surface area contributed by atoms with Gasteiger partial charge in [0.25, 0.3) is 0 Å². The summed E-state index contributed by atoms with van der Waals surface area (Å²) in [7, 11) is 0. The molecule has 2 nitrogen and oxygen atoms in total. The number of aliphatic hydroxyl groups excluding tert-OH is 1. The molecule has 0 radical (unpaired) electrons. The molecule has 1 N–H and O–H groups in total. The Morgan fingerprint density at radius 2 is 0.605 bits per heavy atom. The van der Waals surface area contributed by atoms with Crippen LogP contribution in [-0.4, -0.2) is 35.7 Å². The van der Waals surface area contributed by atoms with Gasteiger partial charge in [0.15, 0.2) is 0 Å². The summed E-state index contributed by atoms with van der Waals surface area (Å²) in [5.41, 5.74) is 0. The summed E-state index contributed by atoms with van der Waals surface area (Å²) >= 11 is 0. The Labute approximate surface area is 242 Å². The van der Waals surface area contributed by atoms with Crippen LogP contribution < -0.4 is 0 Å². The van der Waals surface area contributed by atoms with Crippen LogP contribution in [0.15, 0.2) is 0 Å². The van der Waals surface area contributed by atoms with Crippen molar-refractivity contribution in [1.82, 2.24) is 4.90 Å². The van der Waals surface area contributed by atoms with Crippen LogP contribution in [0.3, 0.4) is 0 Å². The molecule has 0 bridgehead atoms. The Kier molecular flexibility index (Phi) is 33.1. The normalized spacial score (nSPS) is 12.6. The number of unbranched alkanes of at least 4 members (excludes halogenated alkanes) is 26. The van der Waals surface area contributed by atoms with Crippen molar-refractivity contribution in [3.05, 3.63) is 0 Å². The quantitative estimate of drug-likeness (QED) is 0.0841. The second-order valence-corrected chi connectivity index (χ2v) is 12.6. The van der Waals surface area contributed by atoms with Crippen LogP contribution in [0, 0.1) is 0 Å². The highest BCUT2D eigenvalue weighted by Crippen LogP contribution is 2.15. The van der Waals surface area contributed by atoms with E-state index in [1.165, 1.54) is 193 Å². The molecule has 1 unspecified atom stereocenters. The van der Waals surface area contributed by atoms with Gasteiger partial charge in [-0.1, -0.05) is 188 Å². The van der Waals surface area contributed by atoms with Gasteiger partial charge in [-0.25, -0.2) is 0 Å². The Hall–Kier alpha value is -0.0800. The van der Waals surface area contributed by atoms with Crippen molar-refractivity contribution in [2.45, 2.75) is 213 Å². The molecular weight excluding hydrogens is 462 g/mol. The van der Waals surface area contributed by atoms with Crippen molar-refractivity contribution < 1.29 is 5.11 Å². The van der Waals surface area contributed by atoms with Crippen molar-refractivity contribution in [1.29, 1.82) is 0 Å². The minimum absolute atomic E-state index is 0.145. The zero-order chi connectivity index (χ0) is 27.8. The molecule has 0 fully saturated rings. The first-order chi connectivity index (χ1) is 18.7. The van der Waals surface area contributed by atoms with Crippen LogP contribution in [0.5, 0.6) is 0 Å². The smallest absolute Gasteiger partial charge is 0.0664 e. The van der Waals surface area contributed by atoms with E-state index >= 15 is 0 Å². The maximum atomic E-state index is 10.2. The fraction of sp³-hybridized carbons (Fsp3) is 1.00. The van der Waals surface area contributed by atoms with E-state index in [2.05, 4.69) is 25.7 Å². The molecule has 1 atom stereocenters. The van der Waals surface area contributed by atoms with Crippen molar-refractivity contribution >= 4 is 0 Å². The van der Waals surface area contributed by atoms with Crippen LogP contribution in [0.1, 0.15) is 207 Å². The first kappa shape index (κ1) is 37.9. The molecule has 0 aromatic carbocycles. The van der Waals surface area contributed by atoms with Gasteiger partial charge >= 0.3 is 0 Å². The predicted octanol–water partition coefficient (Wildman–Crippen LogP) is 12.0. The fourth-order valence-corrected chi connectivity index (χ4v) is 5.78. The molecule has 0 aliphatic heterocycles. The second kappa shape index (κ2) is 33.1. The first-order valence-corrected chi connectivity index (χ1v) is 18.1. The van der Waals surface area contributed by atoms with Gasteiger partial charge in [0, 0.05) is 6.54 Å². The van der Waals surface area contributed by atoms with Crippen molar-refractivity contribution in [2.24, 2.45) is 0 Å². The van der Waals surface area contributed by atoms with Crippen molar-refractivity contribution in [3.63, 3.8) is 0 Å². The summed E-state index contributed by atoms with van der Waals surface area (Å²) in [4.78, 5) is 2.56. The van der Waals surface area contributed by atoms with E-state index in [-0.39, 0.29) is 6.10 Å². The van der Waals surface area contributed by atoms with Gasteiger partial charge in [-0.2, -0.15) is 0 Å². The predicted molar refractivity (Wildman–Crippen MR) is 173 cm³/mol. The van der Waals surface area contributed by atoms with Crippen molar-refractivity contribution in [2.75, 3.05) is 19.6 Å².